The highest BCUT2D eigenvalue weighted by molar-refractivity contribution is 8.00. The van der Waals surface area contributed by atoms with E-state index in [1.807, 2.05) is 43.3 Å². The molecule has 0 aliphatic heterocycles. The SMILES string of the molecule is CCC(Sc1nc2ccccc2c(=O)n1-c1ccccc1)C(=O)Nc1cccc(C(=O)O)c1. The third-order valence-electron chi connectivity index (χ3n) is 5.05. The second kappa shape index (κ2) is 9.70. The predicted molar refractivity (Wildman–Crippen MR) is 129 cm³/mol. The van der Waals surface area contributed by atoms with E-state index < -0.39 is 11.2 Å². The molecule has 33 heavy (non-hydrogen) atoms. The van der Waals surface area contributed by atoms with Gasteiger partial charge in [0.2, 0.25) is 5.91 Å². The number of aromatic carboxylic acids is 1. The normalized spacial score (nSPS) is 11.8. The highest BCUT2D eigenvalue weighted by atomic mass is 32.2. The van der Waals surface area contributed by atoms with Crippen LogP contribution in [0, 0.1) is 0 Å². The molecule has 1 heterocycles. The molecular formula is C25H21N3O4S. The molecule has 4 rings (SSSR count). The van der Waals surface area contributed by atoms with Crippen molar-refractivity contribution >= 4 is 40.2 Å². The third kappa shape index (κ3) is 4.80. The number of hydrogen-bond donors (Lipinski definition) is 2. The van der Waals surface area contributed by atoms with Gasteiger partial charge in [-0.25, -0.2) is 9.78 Å². The summed E-state index contributed by atoms with van der Waals surface area (Å²) >= 11 is 1.20. The van der Waals surface area contributed by atoms with Gasteiger partial charge in [-0.3, -0.25) is 14.2 Å². The fraction of sp³-hybridized carbons (Fsp3) is 0.120. The maximum absolute atomic E-state index is 13.3. The van der Waals surface area contributed by atoms with Crippen molar-refractivity contribution in [2.75, 3.05) is 5.32 Å². The van der Waals surface area contributed by atoms with Crippen molar-refractivity contribution in [3.63, 3.8) is 0 Å². The molecule has 0 saturated heterocycles. The van der Waals surface area contributed by atoms with Gasteiger partial charge in [0.15, 0.2) is 5.16 Å². The number of thioether (sulfide) groups is 1. The van der Waals surface area contributed by atoms with E-state index in [2.05, 4.69) is 5.32 Å². The lowest BCUT2D eigenvalue weighted by Crippen LogP contribution is -2.27. The van der Waals surface area contributed by atoms with Gasteiger partial charge in [0.05, 0.1) is 27.4 Å². The van der Waals surface area contributed by atoms with E-state index in [9.17, 15) is 19.5 Å². The van der Waals surface area contributed by atoms with Crippen LogP contribution < -0.4 is 10.9 Å². The van der Waals surface area contributed by atoms with Crippen molar-refractivity contribution in [3.8, 4) is 5.69 Å². The molecule has 0 spiro atoms. The molecule has 0 saturated carbocycles. The van der Waals surface area contributed by atoms with E-state index in [0.29, 0.717) is 33.9 Å². The fourth-order valence-corrected chi connectivity index (χ4v) is 4.43. The lowest BCUT2D eigenvalue weighted by molar-refractivity contribution is -0.115. The summed E-state index contributed by atoms with van der Waals surface area (Å²) in [5, 5.41) is 12.3. The molecule has 0 bridgehead atoms. The van der Waals surface area contributed by atoms with Crippen LogP contribution >= 0.6 is 11.8 Å². The van der Waals surface area contributed by atoms with Crippen LogP contribution in [0.15, 0.2) is 88.8 Å². The van der Waals surface area contributed by atoms with Crippen molar-refractivity contribution in [1.82, 2.24) is 9.55 Å². The molecule has 1 amide bonds. The molecule has 0 radical (unpaired) electrons. The molecule has 0 fully saturated rings. The molecule has 3 aromatic carbocycles. The third-order valence-corrected chi connectivity index (χ3v) is 6.36. The fourth-order valence-electron chi connectivity index (χ4n) is 3.40. The zero-order valence-electron chi connectivity index (χ0n) is 17.8. The highest BCUT2D eigenvalue weighted by Crippen LogP contribution is 2.28. The van der Waals surface area contributed by atoms with Crippen LogP contribution in [0.1, 0.15) is 23.7 Å². The number of carbonyl (C=O) groups excluding carboxylic acids is 1. The first-order valence-corrected chi connectivity index (χ1v) is 11.2. The van der Waals surface area contributed by atoms with Crippen LogP contribution in [0.4, 0.5) is 5.69 Å². The number of carbonyl (C=O) groups is 2. The number of para-hydroxylation sites is 2. The number of nitrogens with zero attached hydrogens (tertiary/aromatic N) is 2. The molecule has 7 nitrogen and oxygen atoms in total. The van der Waals surface area contributed by atoms with E-state index in [1.165, 1.54) is 28.5 Å². The topological polar surface area (TPSA) is 101 Å². The molecule has 0 aliphatic carbocycles. The summed E-state index contributed by atoms with van der Waals surface area (Å²) in [6.07, 6.45) is 0.479. The van der Waals surface area contributed by atoms with Crippen LogP contribution in [-0.2, 0) is 4.79 Å². The molecular weight excluding hydrogens is 438 g/mol. The Kier molecular flexibility index (Phi) is 6.55. The Morgan fingerprint density at radius 2 is 1.76 bits per heavy atom. The van der Waals surface area contributed by atoms with Gasteiger partial charge in [-0.05, 0) is 48.9 Å². The summed E-state index contributed by atoms with van der Waals surface area (Å²) in [5.41, 5.74) is 1.49. The summed E-state index contributed by atoms with van der Waals surface area (Å²) in [4.78, 5) is 42.3. The minimum absolute atomic E-state index is 0.0858. The first kappa shape index (κ1) is 22.3. The number of carboxylic acids is 1. The molecule has 166 valence electrons. The van der Waals surface area contributed by atoms with Crippen LogP contribution in [0.3, 0.4) is 0 Å². The maximum Gasteiger partial charge on any atom is 0.335 e. The van der Waals surface area contributed by atoms with Gasteiger partial charge in [0.1, 0.15) is 0 Å². The molecule has 1 atom stereocenters. The number of carboxylic acid groups (broad SMARTS) is 1. The van der Waals surface area contributed by atoms with E-state index in [4.69, 9.17) is 4.98 Å². The average Bonchev–Trinajstić information content (AvgIpc) is 2.83. The average molecular weight is 460 g/mol. The van der Waals surface area contributed by atoms with Gasteiger partial charge < -0.3 is 10.4 Å². The van der Waals surface area contributed by atoms with E-state index in [1.54, 1.807) is 30.3 Å². The Bertz CT molecular complexity index is 1390. The number of hydrogen-bond acceptors (Lipinski definition) is 5. The number of rotatable bonds is 7. The van der Waals surface area contributed by atoms with Crippen LogP contribution in [-0.4, -0.2) is 31.8 Å². The predicted octanol–water partition coefficient (Wildman–Crippen LogP) is 4.59. The lowest BCUT2D eigenvalue weighted by Gasteiger charge is -2.18. The van der Waals surface area contributed by atoms with Gasteiger partial charge in [0.25, 0.3) is 5.56 Å². The lowest BCUT2D eigenvalue weighted by atomic mass is 10.2. The Labute approximate surface area is 194 Å². The molecule has 4 aromatic rings. The quantitative estimate of drug-likeness (QED) is 0.310. The molecule has 2 N–H and O–H groups in total. The van der Waals surface area contributed by atoms with E-state index in [-0.39, 0.29) is 17.0 Å². The molecule has 0 aliphatic rings. The number of aromatic nitrogens is 2. The summed E-state index contributed by atoms with van der Waals surface area (Å²) in [6, 6.07) is 22.4. The smallest absolute Gasteiger partial charge is 0.335 e. The van der Waals surface area contributed by atoms with Crippen LogP contribution in [0.25, 0.3) is 16.6 Å². The second-order valence-corrected chi connectivity index (χ2v) is 8.45. The molecule has 1 aromatic heterocycles. The zero-order valence-corrected chi connectivity index (χ0v) is 18.6. The first-order chi connectivity index (χ1) is 16.0. The van der Waals surface area contributed by atoms with E-state index >= 15 is 0 Å². The maximum atomic E-state index is 13.3. The minimum Gasteiger partial charge on any atom is -0.478 e. The Morgan fingerprint density at radius 3 is 2.48 bits per heavy atom. The largest absolute Gasteiger partial charge is 0.478 e. The number of amides is 1. The van der Waals surface area contributed by atoms with E-state index in [0.717, 1.165) is 0 Å². The minimum atomic E-state index is -1.07. The van der Waals surface area contributed by atoms with Crippen molar-refractivity contribution in [3.05, 3.63) is 94.8 Å². The van der Waals surface area contributed by atoms with Gasteiger partial charge >= 0.3 is 5.97 Å². The molecule has 1 unspecified atom stereocenters. The number of fused-ring (bicyclic) bond motifs is 1. The number of nitrogens with one attached hydrogen (secondary N) is 1. The molecule has 8 heteroatoms. The summed E-state index contributed by atoms with van der Waals surface area (Å²) < 4.78 is 1.52. The Morgan fingerprint density at radius 1 is 1.03 bits per heavy atom. The van der Waals surface area contributed by atoms with Gasteiger partial charge in [-0.1, -0.05) is 55.1 Å². The van der Waals surface area contributed by atoms with Crippen molar-refractivity contribution in [1.29, 1.82) is 0 Å². The Hall–Kier alpha value is -3.91. The summed E-state index contributed by atoms with van der Waals surface area (Å²) in [5.74, 6) is -1.37. The zero-order chi connectivity index (χ0) is 23.4. The van der Waals surface area contributed by atoms with Gasteiger partial charge in [-0.2, -0.15) is 0 Å². The highest BCUT2D eigenvalue weighted by Gasteiger charge is 2.23. The van der Waals surface area contributed by atoms with Crippen molar-refractivity contribution in [2.45, 2.75) is 23.8 Å². The number of benzene rings is 3. The van der Waals surface area contributed by atoms with Crippen LogP contribution in [0.5, 0.6) is 0 Å². The van der Waals surface area contributed by atoms with Gasteiger partial charge in [0, 0.05) is 5.69 Å². The van der Waals surface area contributed by atoms with Gasteiger partial charge in [-0.15, -0.1) is 0 Å². The second-order valence-electron chi connectivity index (χ2n) is 7.28. The monoisotopic (exact) mass is 459 g/mol. The van der Waals surface area contributed by atoms with Crippen molar-refractivity contribution in [2.24, 2.45) is 0 Å². The van der Waals surface area contributed by atoms with Crippen LogP contribution in [0.2, 0.25) is 0 Å². The Balaban J connectivity index is 1.71. The summed E-state index contributed by atoms with van der Waals surface area (Å²) in [7, 11) is 0. The standard InChI is InChI=1S/C25H21N3O4S/c1-2-21(22(29)26-17-10-8-9-16(15-17)24(31)32)33-25-27-20-14-7-6-13-19(20)23(30)28(25)18-11-4-3-5-12-18/h3-15,21H,2H2,1H3,(H,26,29)(H,31,32). The number of anilines is 1. The first-order valence-electron chi connectivity index (χ1n) is 10.4. The van der Waals surface area contributed by atoms with Crippen molar-refractivity contribution < 1.29 is 14.7 Å². The summed E-state index contributed by atoms with van der Waals surface area (Å²) in [6.45, 7) is 1.87.